The summed E-state index contributed by atoms with van der Waals surface area (Å²) in [5.41, 5.74) is 6.43. The molecule has 0 bridgehead atoms. The maximum absolute atomic E-state index is 10.5. The van der Waals surface area contributed by atoms with Gasteiger partial charge in [0.25, 0.3) is 0 Å². The summed E-state index contributed by atoms with van der Waals surface area (Å²) in [5.74, 6) is 0.0385. The summed E-state index contributed by atoms with van der Waals surface area (Å²) in [7, 11) is 0. The molecule has 0 saturated heterocycles. The first-order chi connectivity index (χ1) is 7.71. The number of nitrogens with one attached hydrogen (secondary N) is 1. The standard InChI is InChI=1S/C13H22N2O/c1-4-6-7-11(3)12(5-2)13(8-9-14)15-10-16/h5,8-10,12-13H,2-4,6-7,14H2,1H3,(H,15,16)/b9-8+. The first-order valence-corrected chi connectivity index (χ1v) is 5.59. The zero-order valence-corrected chi connectivity index (χ0v) is 9.99. The molecule has 0 aromatic rings. The summed E-state index contributed by atoms with van der Waals surface area (Å²) in [6.07, 6.45) is 8.84. The van der Waals surface area contributed by atoms with Gasteiger partial charge in [-0.05, 0) is 25.1 Å². The van der Waals surface area contributed by atoms with Crippen LogP contribution in [0.4, 0.5) is 0 Å². The van der Waals surface area contributed by atoms with Gasteiger partial charge < -0.3 is 11.1 Å². The van der Waals surface area contributed by atoms with Crippen molar-refractivity contribution < 1.29 is 4.79 Å². The van der Waals surface area contributed by atoms with Crippen LogP contribution in [0, 0.1) is 5.92 Å². The monoisotopic (exact) mass is 222 g/mol. The molecular weight excluding hydrogens is 200 g/mol. The summed E-state index contributed by atoms with van der Waals surface area (Å²) in [4.78, 5) is 10.5. The van der Waals surface area contributed by atoms with Crippen molar-refractivity contribution in [2.45, 2.75) is 32.2 Å². The normalized spacial score (nSPS) is 14.3. The smallest absolute Gasteiger partial charge is 0.207 e. The minimum absolute atomic E-state index is 0.0385. The van der Waals surface area contributed by atoms with Crippen LogP contribution in [0.5, 0.6) is 0 Å². The molecule has 0 aliphatic rings. The fraction of sp³-hybridized carbons (Fsp3) is 0.462. The van der Waals surface area contributed by atoms with Crippen molar-refractivity contribution in [3.63, 3.8) is 0 Å². The molecule has 2 unspecified atom stereocenters. The molecule has 3 heteroatoms. The van der Waals surface area contributed by atoms with Gasteiger partial charge >= 0.3 is 0 Å². The van der Waals surface area contributed by atoms with Crippen molar-refractivity contribution in [2.75, 3.05) is 0 Å². The van der Waals surface area contributed by atoms with Crippen LogP contribution in [0.3, 0.4) is 0 Å². The van der Waals surface area contributed by atoms with Crippen molar-refractivity contribution in [1.29, 1.82) is 0 Å². The molecule has 0 heterocycles. The van der Waals surface area contributed by atoms with Crippen LogP contribution >= 0.6 is 0 Å². The molecule has 0 aliphatic carbocycles. The number of carbonyl (C=O) groups excluding carboxylic acids is 1. The van der Waals surface area contributed by atoms with Gasteiger partial charge in [0.1, 0.15) is 0 Å². The van der Waals surface area contributed by atoms with Crippen LogP contribution in [0.25, 0.3) is 0 Å². The molecule has 90 valence electrons. The van der Waals surface area contributed by atoms with Crippen molar-refractivity contribution >= 4 is 6.41 Å². The molecule has 0 aromatic carbocycles. The second-order valence-corrected chi connectivity index (χ2v) is 3.72. The molecule has 0 fully saturated rings. The van der Waals surface area contributed by atoms with Crippen molar-refractivity contribution in [2.24, 2.45) is 11.7 Å². The number of amides is 1. The largest absolute Gasteiger partial charge is 0.405 e. The van der Waals surface area contributed by atoms with E-state index in [-0.39, 0.29) is 12.0 Å². The Kier molecular flexibility index (Phi) is 7.94. The minimum atomic E-state index is -0.149. The molecule has 3 N–H and O–H groups in total. The lowest BCUT2D eigenvalue weighted by molar-refractivity contribution is -0.110. The van der Waals surface area contributed by atoms with E-state index in [4.69, 9.17) is 5.73 Å². The van der Waals surface area contributed by atoms with E-state index in [1.807, 2.05) is 0 Å². The molecular formula is C13H22N2O. The lowest BCUT2D eigenvalue weighted by Crippen LogP contribution is -2.33. The molecule has 0 saturated carbocycles. The van der Waals surface area contributed by atoms with Gasteiger partial charge in [0, 0.05) is 5.92 Å². The third kappa shape index (κ3) is 4.82. The molecule has 0 spiro atoms. The maximum atomic E-state index is 10.5. The van der Waals surface area contributed by atoms with E-state index >= 15 is 0 Å². The summed E-state index contributed by atoms with van der Waals surface area (Å²) in [5, 5.41) is 2.71. The molecule has 16 heavy (non-hydrogen) atoms. The van der Waals surface area contributed by atoms with E-state index in [0.717, 1.165) is 24.8 Å². The molecule has 0 aliphatic heterocycles. The first-order valence-electron chi connectivity index (χ1n) is 5.59. The lowest BCUT2D eigenvalue weighted by Gasteiger charge is -2.23. The van der Waals surface area contributed by atoms with E-state index in [0.29, 0.717) is 6.41 Å². The van der Waals surface area contributed by atoms with Gasteiger partial charge in [0.2, 0.25) is 6.41 Å². The third-order valence-corrected chi connectivity index (χ3v) is 2.54. The Morgan fingerprint density at radius 2 is 2.25 bits per heavy atom. The number of unbranched alkanes of at least 4 members (excludes halogenated alkanes) is 1. The highest BCUT2D eigenvalue weighted by atomic mass is 16.1. The van der Waals surface area contributed by atoms with Crippen molar-refractivity contribution in [3.8, 4) is 0 Å². The van der Waals surface area contributed by atoms with Gasteiger partial charge in [-0.3, -0.25) is 4.79 Å². The van der Waals surface area contributed by atoms with Gasteiger partial charge in [-0.15, -0.1) is 6.58 Å². The zero-order valence-electron chi connectivity index (χ0n) is 9.99. The summed E-state index contributed by atoms with van der Waals surface area (Å²) in [6.45, 7) is 9.97. The molecule has 0 radical (unpaired) electrons. The van der Waals surface area contributed by atoms with E-state index in [1.165, 1.54) is 6.20 Å². The Morgan fingerprint density at radius 1 is 1.56 bits per heavy atom. The van der Waals surface area contributed by atoms with Gasteiger partial charge in [-0.25, -0.2) is 0 Å². The van der Waals surface area contributed by atoms with Crippen molar-refractivity contribution in [3.05, 3.63) is 37.1 Å². The Labute approximate surface area is 98.1 Å². The number of nitrogens with two attached hydrogens (primary N) is 1. The van der Waals surface area contributed by atoms with Crippen LogP contribution < -0.4 is 11.1 Å². The molecule has 0 rings (SSSR count). The molecule has 3 nitrogen and oxygen atoms in total. The van der Waals surface area contributed by atoms with E-state index in [2.05, 4.69) is 25.4 Å². The Balaban J connectivity index is 4.57. The maximum Gasteiger partial charge on any atom is 0.207 e. The quantitative estimate of drug-likeness (QED) is 0.464. The average Bonchev–Trinajstić information content (AvgIpc) is 2.28. The van der Waals surface area contributed by atoms with Crippen molar-refractivity contribution in [1.82, 2.24) is 5.32 Å². The predicted molar refractivity (Wildman–Crippen MR) is 68.7 cm³/mol. The van der Waals surface area contributed by atoms with Crippen LogP contribution in [0.2, 0.25) is 0 Å². The number of carbonyl (C=O) groups is 1. The summed E-state index contributed by atoms with van der Waals surface area (Å²) >= 11 is 0. The first kappa shape index (κ1) is 14.5. The zero-order chi connectivity index (χ0) is 12.4. The average molecular weight is 222 g/mol. The Hall–Kier alpha value is -1.51. The predicted octanol–water partition coefficient (Wildman–Crippen LogP) is 2.12. The fourth-order valence-electron chi connectivity index (χ4n) is 1.61. The highest BCUT2D eigenvalue weighted by molar-refractivity contribution is 5.48. The summed E-state index contributed by atoms with van der Waals surface area (Å²) in [6, 6.07) is -0.149. The highest BCUT2D eigenvalue weighted by Gasteiger charge is 2.17. The van der Waals surface area contributed by atoms with Crippen LogP contribution in [-0.4, -0.2) is 12.5 Å². The lowest BCUT2D eigenvalue weighted by atomic mass is 9.89. The highest BCUT2D eigenvalue weighted by Crippen LogP contribution is 2.21. The van der Waals surface area contributed by atoms with Crippen LogP contribution in [0.15, 0.2) is 37.1 Å². The third-order valence-electron chi connectivity index (χ3n) is 2.54. The minimum Gasteiger partial charge on any atom is -0.405 e. The number of rotatable bonds is 9. The van der Waals surface area contributed by atoms with Crippen LogP contribution in [0.1, 0.15) is 26.2 Å². The van der Waals surface area contributed by atoms with E-state index in [1.54, 1.807) is 12.2 Å². The van der Waals surface area contributed by atoms with Crippen LogP contribution in [-0.2, 0) is 4.79 Å². The SMILES string of the molecule is C=CC(C(=C)CCCC)C(/C=C/N)NC=O. The Morgan fingerprint density at radius 3 is 2.69 bits per heavy atom. The van der Waals surface area contributed by atoms with Gasteiger partial charge in [-0.2, -0.15) is 0 Å². The number of hydrogen-bond acceptors (Lipinski definition) is 2. The molecule has 2 atom stereocenters. The van der Waals surface area contributed by atoms with Gasteiger partial charge in [0.05, 0.1) is 6.04 Å². The van der Waals surface area contributed by atoms with E-state index in [9.17, 15) is 4.79 Å². The molecule has 1 amide bonds. The summed E-state index contributed by atoms with van der Waals surface area (Å²) < 4.78 is 0. The Bertz CT molecular complexity index is 259. The second-order valence-electron chi connectivity index (χ2n) is 3.72. The van der Waals surface area contributed by atoms with E-state index < -0.39 is 0 Å². The number of hydrogen-bond donors (Lipinski definition) is 2. The second kappa shape index (κ2) is 8.77. The van der Waals surface area contributed by atoms with Gasteiger partial charge in [-0.1, -0.05) is 31.6 Å². The fourth-order valence-corrected chi connectivity index (χ4v) is 1.61. The topological polar surface area (TPSA) is 55.1 Å². The van der Waals surface area contributed by atoms with Gasteiger partial charge in [0.15, 0.2) is 0 Å². The molecule has 0 aromatic heterocycles.